The number of methoxy groups -OCH3 is 1. The highest BCUT2D eigenvalue weighted by atomic mass is 127. The summed E-state index contributed by atoms with van der Waals surface area (Å²) in [4.78, 5) is 24.7. The molecule has 3 aromatic carbocycles. The van der Waals surface area contributed by atoms with Crippen LogP contribution >= 0.6 is 22.6 Å². The van der Waals surface area contributed by atoms with Crippen LogP contribution < -0.4 is 20.1 Å². The fourth-order valence-electron chi connectivity index (χ4n) is 3.02. The Morgan fingerprint density at radius 2 is 1.83 bits per heavy atom. The standard InChI is InChI=1S/C26H21FIN3O4/c1-34-23-13-18(11-19(14-29)26(33)30-15-17-5-3-2-4-6-17)12-22(28)25(23)35-16-24(32)31-21-9-7-20(27)8-10-21/h2-13H,15-16H2,1H3,(H,30,33)(H,31,32)/b19-11+. The molecule has 7 nitrogen and oxygen atoms in total. The minimum absolute atomic E-state index is 0.0638. The molecule has 0 saturated heterocycles. The van der Waals surface area contributed by atoms with Gasteiger partial charge in [0, 0.05) is 12.2 Å². The molecule has 35 heavy (non-hydrogen) atoms. The normalized spacial score (nSPS) is 10.7. The van der Waals surface area contributed by atoms with Gasteiger partial charge in [-0.05, 0) is 76.2 Å². The average molecular weight is 585 g/mol. The maximum atomic E-state index is 13.0. The van der Waals surface area contributed by atoms with E-state index < -0.39 is 17.6 Å². The van der Waals surface area contributed by atoms with E-state index in [0.717, 1.165) is 5.56 Å². The van der Waals surface area contributed by atoms with Crippen LogP contribution in [-0.4, -0.2) is 25.5 Å². The van der Waals surface area contributed by atoms with Crippen LogP contribution in [0.25, 0.3) is 6.08 Å². The number of hydrogen-bond acceptors (Lipinski definition) is 5. The fraction of sp³-hybridized carbons (Fsp3) is 0.115. The smallest absolute Gasteiger partial charge is 0.262 e. The number of nitriles is 1. The first kappa shape index (κ1) is 25.7. The van der Waals surface area contributed by atoms with Crippen molar-refractivity contribution in [2.45, 2.75) is 6.54 Å². The minimum Gasteiger partial charge on any atom is -0.493 e. The first-order chi connectivity index (χ1) is 16.9. The van der Waals surface area contributed by atoms with Crippen molar-refractivity contribution in [1.82, 2.24) is 5.32 Å². The van der Waals surface area contributed by atoms with E-state index in [4.69, 9.17) is 9.47 Å². The van der Waals surface area contributed by atoms with Crippen LogP contribution in [0.5, 0.6) is 11.5 Å². The summed E-state index contributed by atoms with van der Waals surface area (Å²) in [6.45, 7) is -0.00340. The lowest BCUT2D eigenvalue weighted by molar-refractivity contribution is -0.118. The first-order valence-electron chi connectivity index (χ1n) is 10.4. The number of nitrogens with zero attached hydrogens (tertiary/aromatic N) is 1. The maximum absolute atomic E-state index is 13.0. The maximum Gasteiger partial charge on any atom is 0.262 e. The molecule has 9 heteroatoms. The number of carbonyl (C=O) groups excluding carboxylic acids is 2. The Morgan fingerprint density at radius 3 is 2.49 bits per heavy atom. The highest BCUT2D eigenvalue weighted by Gasteiger charge is 2.15. The highest BCUT2D eigenvalue weighted by Crippen LogP contribution is 2.34. The number of rotatable bonds is 9. The van der Waals surface area contributed by atoms with Crippen molar-refractivity contribution < 1.29 is 23.5 Å². The van der Waals surface area contributed by atoms with Gasteiger partial charge in [-0.3, -0.25) is 9.59 Å². The summed E-state index contributed by atoms with van der Waals surface area (Å²) in [6, 6.07) is 20.0. The molecule has 0 heterocycles. The second kappa shape index (κ2) is 12.5. The number of halogens is 2. The Morgan fingerprint density at radius 1 is 1.11 bits per heavy atom. The topological polar surface area (TPSA) is 100 Å². The van der Waals surface area contributed by atoms with Gasteiger partial charge in [0.25, 0.3) is 11.8 Å². The van der Waals surface area contributed by atoms with E-state index in [1.165, 1.54) is 37.5 Å². The second-order valence-corrected chi connectivity index (χ2v) is 8.38. The van der Waals surface area contributed by atoms with Crippen molar-refractivity contribution >= 4 is 46.2 Å². The molecule has 0 aliphatic carbocycles. The lowest BCUT2D eigenvalue weighted by Crippen LogP contribution is -2.23. The molecule has 0 unspecified atom stereocenters. The largest absolute Gasteiger partial charge is 0.493 e. The molecule has 0 aliphatic rings. The van der Waals surface area contributed by atoms with Gasteiger partial charge in [-0.25, -0.2) is 4.39 Å². The molecule has 0 bridgehead atoms. The van der Waals surface area contributed by atoms with Crippen molar-refractivity contribution in [3.8, 4) is 17.6 Å². The number of carbonyl (C=O) groups is 2. The SMILES string of the molecule is COc1cc(/C=C(\C#N)C(=O)NCc2ccccc2)cc(I)c1OCC(=O)Nc1ccc(F)cc1. The summed E-state index contributed by atoms with van der Waals surface area (Å²) >= 11 is 2.02. The first-order valence-corrected chi connectivity index (χ1v) is 11.5. The van der Waals surface area contributed by atoms with Crippen molar-refractivity contribution in [3.05, 3.63) is 92.8 Å². The summed E-state index contributed by atoms with van der Waals surface area (Å²) in [5.41, 5.74) is 1.85. The van der Waals surface area contributed by atoms with Crippen LogP contribution in [0, 0.1) is 20.7 Å². The summed E-state index contributed by atoms with van der Waals surface area (Å²) in [7, 11) is 1.45. The molecular formula is C26H21FIN3O4. The lowest BCUT2D eigenvalue weighted by Gasteiger charge is -2.14. The predicted octanol–water partition coefficient (Wildman–Crippen LogP) is 4.68. The molecule has 0 saturated carbocycles. The Balaban J connectivity index is 1.68. The molecule has 0 aromatic heterocycles. The van der Waals surface area contributed by atoms with Gasteiger partial charge in [0.2, 0.25) is 0 Å². The van der Waals surface area contributed by atoms with Crippen molar-refractivity contribution in [2.24, 2.45) is 0 Å². The molecule has 178 valence electrons. The third-order valence-corrected chi connectivity index (χ3v) is 5.50. The molecule has 3 aromatic rings. The molecule has 0 aliphatic heterocycles. The quantitative estimate of drug-likeness (QED) is 0.216. The number of anilines is 1. The Hall–Kier alpha value is -3.91. The van der Waals surface area contributed by atoms with Gasteiger partial charge in [-0.15, -0.1) is 0 Å². The van der Waals surface area contributed by atoms with E-state index >= 15 is 0 Å². The van der Waals surface area contributed by atoms with Crippen LogP contribution in [0.2, 0.25) is 0 Å². The molecular weight excluding hydrogens is 564 g/mol. The van der Waals surface area contributed by atoms with Gasteiger partial charge >= 0.3 is 0 Å². The molecule has 0 radical (unpaired) electrons. The Labute approximate surface area is 215 Å². The van der Waals surface area contributed by atoms with Gasteiger partial charge in [0.05, 0.1) is 10.7 Å². The van der Waals surface area contributed by atoms with Crippen LogP contribution in [0.3, 0.4) is 0 Å². The third kappa shape index (κ3) is 7.55. The number of benzene rings is 3. The van der Waals surface area contributed by atoms with Crippen LogP contribution in [0.15, 0.2) is 72.3 Å². The number of ether oxygens (including phenoxy) is 2. The Bertz CT molecular complexity index is 1270. The zero-order valence-electron chi connectivity index (χ0n) is 18.7. The summed E-state index contributed by atoms with van der Waals surface area (Å²) in [5.74, 6) is -0.657. The zero-order chi connectivity index (χ0) is 25.2. The van der Waals surface area contributed by atoms with E-state index in [2.05, 4.69) is 10.6 Å². The predicted molar refractivity (Wildman–Crippen MR) is 138 cm³/mol. The van der Waals surface area contributed by atoms with E-state index in [-0.39, 0.29) is 12.2 Å². The average Bonchev–Trinajstić information content (AvgIpc) is 2.86. The van der Waals surface area contributed by atoms with E-state index in [0.29, 0.717) is 32.9 Å². The molecule has 2 N–H and O–H groups in total. The summed E-state index contributed by atoms with van der Waals surface area (Å²) < 4.78 is 24.7. The van der Waals surface area contributed by atoms with Gasteiger partial charge in [-0.2, -0.15) is 5.26 Å². The lowest BCUT2D eigenvalue weighted by atomic mass is 10.1. The van der Waals surface area contributed by atoms with Crippen LogP contribution in [0.1, 0.15) is 11.1 Å². The highest BCUT2D eigenvalue weighted by molar-refractivity contribution is 14.1. The van der Waals surface area contributed by atoms with Crippen LogP contribution in [-0.2, 0) is 16.1 Å². The van der Waals surface area contributed by atoms with Crippen molar-refractivity contribution in [3.63, 3.8) is 0 Å². The van der Waals surface area contributed by atoms with Crippen molar-refractivity contribution in [2.75, 3.05) is 19.0 Å². The second-order valence-electron chi connectivity index (χ2n) is 7.22. The monoisotopic (exact) mass is 585 g/mol. The third-order valence-electron chi connectivity index (χ3n) is 4.70. The zero-order valence-corrected chi connectivity index (χ0v) is 20.8. The number of hydrogen-bond donors (Lipinski definition) is 2. The molecule has 3 rings (SSSR count). The van der Waals surface area contributed by atoms with Gasteiger partial charge in [0.1, 0.15) is 17.5 Å². The minimum atomic E-state index is -0.497. The summed E-state index contributed by atoms with van der Waals surface area (Å²) in [5, 5.41) is 14.8. The van der Waals surface area contributed by atoms with Gasteiger partial charge < -0.3 is 20.1 Å². The number of amides is 2. The van der Waals surface area contributed by atoms with E-state index in [9.17, 15) is 19.2 Å². The molecule has 0 spiro atoms. The van der Waals surface area contributed by atoms with Crippen molar-refractivity contribution in [1.29, 1.82) is 5.26 Å². The van der Waals surface area contributed by atoms with E-state index in [1.54, 1.807) is 12.1 Å². The molecule has 2 amide bonds. The summed E-state index contributed by atoms with van der Waals surface area (Å²) in [6.07, 6.45) is 1.45. The fourth-order valence-corrected chi connectivity index (χ4v) is 3.80. The van der Waals surface area contributed by atoms with Gasteiger partial charge in [-0.1, -0.05) is 30.3 Å². The molecule has 0 fully saturated rings. The number of nitrogens with one attached hydrogen (secondary N) is 2. The van der Waals surface area contributed by atoms with Crippen LogP contribution in [0.4, 0.5) is 10.1 Å². The van der Waals surface area contributed by atoms with E-state index in [1.807, 2.05) is 59.0 Å². The van der Waals surface area contributed by atoms with Gasteiger partial charge in [0.15, 0.2) is 18.1 Å². The molecule has 0 atom stereocenters. The Kier molecular flexibility index (Phi) is 9.20.